The fourth-order valence-electron chi connectivity index (χ4n) is 4.33. The molecule has 2 aromatic heterocycles. The number of rotatable bonds is 10. The van der Waals surface area contributed by atoms with Crippen LogP contribution in [0.25, 0.3) is 5.65 Å². The summed E-state index contributed by atoms with van der Waals surface area (Å²) in [5.74, 6) is 0.652. The Labute approximate surface area is 209 Å². The number of nitrogens with two attached hydrogens (primary N) is 1. The van der Waals surface area contributed by atoms with Crippen LogP contribution in [0.15, 0.2) is 58.5 Å². The summed E-state index contributed by atoms with van der Waals surface area (Å²) in [6.07, 6.45) is 17.9. The highest BCUT2D eigenvalue weighted by molar-refractivity contribution is 6.14. The van der Waals surface area contributed by atoms with Crippen molar-refractivity contribution in [2.45, 2.75) is 66.2 Å². The first kappa shape index (κ1) is 28.0. The zero-order chi connectivity index (χ0) is 25.8. The molecule has 0 aliphatic heterocycles. The summed E-state index contributed by atoms with van der Waals surface area (Å²) >= 11 is 0. The molecule has 0 radical (unpaired) electrons. The first-order chi connectivity index (χ1) is 16.9. The fraction of sp³-hybridized carbons (Fsp3) is 0.464. The first-order valence-corrected chi connectivity index (χ1v) is 12.6. The number of anilines is 1. The fourth-order valence-corrected chi connectivity index (χ4v) is 4.33. The zero-order valence-electron chi connectivity index (χ0n) is 21.9. The summed E-state index contributed by atoms with van der Waals surface area (Å²) in [7, 11) is 1.69. The van der Waals surface area contributed by atoms with Crippen molar-refractivity contribution in [3.63, 3.8) is 0 Å². The second kappa shape index (κ2) is 14.2. The molecule has 7 heteroatoms. The molecule has 0 fully saturated rings. The van der Waals surface area contributed by atoms with Crippen LogP contribution in [0.1, 0.15) is 65.0 Å². The van der Waals surface area contributed by atoms with Crippen LogP contribution >= 0.6 is 0 Å². The Balaban J connectivity index is 0.000000410. The molecule has 0 amide bonds. The summed E-state index contributed by atoms with van der Waals surface area (Å²) in [4.78, 5) is 8.33. The van der Waals surface area contributed by atoms with Gasteiger partial charge in [-0.05, 0) is 37.0 Å². The molecule has 0 aromatic carbocycles. The quantitative estimate of drug-likeness (QED) is 0.333. The van der Waals surface area contributed by atoms with Gasteiger partial charge in [0.1, 0.15) is 0 Å². The lowest BCUT2D eigenvalue weighted by Crippen LogP contribution is -2.17. The van der Waals surface area contributed by atoms with Crippen molar-refractivity contribution in [2.75, 3.05) is 18.9 Å². The van der Waals surface area contributed by atoms with Gasteiger partial charge in [-0.1, -0.05) is 59.0 Å². The van der Waals surface area contributed by atoms with Crippen molar-refractivity contribution in [1.29, 1.82) is 5.41 Å². The molecule has 0 atom stereocenters. The number of imidazole rings is 1. The number of nitrogens with one attached hydrogen (secondary N) is 2. The summed E-state index contributed by atoms with van der Waals surface area (Å²) in [5.41, 5.74) is 11.1. The molecule has 0 spiro atoms. The summed E-state index contributed by atoms with van der Waals surface area (Å²) in [6.45, 7) is 9.28. The zero-order valence-corrected chi connectivity index (χ0v) is 21.9. The topological polar surface area (TPSA) is 91.6 Å². The number of hydrogen-bond acceptors (Lipinski definition) is 5. The van der Waals surface area contributed by atoms with Crippen LogP contribution in [0.5, 0.6) is 0 Å². The number of allylic oxidation sites excluding steroid dienone is 4. The summed E-state index contributed by atoms with van der Waals surface area (Å²) in [5, 5.41) is 10.5. The molecule has 0 saturated heterocycles. The highest BCUT2D eigenvalue weighted by Crippen LogP contribution is 2.22. The molecule has 190 valence electrons. The molecule has 35 heavy (non-hydrogen) atoms. The van der Waals surface area contributed by atoms with Gasteiger partial charge in [0.15, 0.2) is 11.5 Å². The molecular weight excluding hydrogens is 439 g/mol. The van der Waals surface area contributed by atoms with Crippen LogP contribution in [-0.2, 0) is 0 Å². The number of fused-ring (bicyclic) bond motifs is 1. The van der Waals surface area contributed by atoms with E-state index >= 15 is 0 Å². The standard InChI is InChI=1S/C19H21FN6.C9H20/c1-12-10-26-11-14(9-16(20)19(26)25-12)24-8-6-13-3-4-17(23-2)15(5-7-21)18(13)22;1-4-7-9(6-3)8-5-2/h3-5,7,9-11,21,24H,6,8,22H2,1-2H3;9H,4-8H2,1-3H3/b15-5-,21-7?,23-17?;. The van der Waals surface area contributed by atoms with E-state index in [1.165, 1.54) is 44.4 Å². The molecule has 1 aliphatic carbocycles. The van der Waals surface area contributed by atoms with E-state index in [4.69, 9.17) is 11.1 Å². The number of nitrogens with zero attached hydrogens (tertiary/aromatic N) is 3. The Morgan fingerprint density at radius 3 is 2.51 bits per heavy atom. The number of aliphatic imine (C=N–C) groups is 1. The molecule has 2 aromatic rings. The molecule has 4 N–H and O–H groups in total. The number of hydrogen-bond donors (Lipinski definition) is 3. The van der Waals surface area contributed by atoms with E-state index in [0.717, 1.165) is 28.5 Å². The van der Waals surface area contributed by atoms with Gasteiger partial charge < -0.3 is 20.9 Å². The highest BCUT2D eigenvalue weighted by Gasteiger charge is 2.15. The lowest BCUT2D eigenvalue weighted by molar-refractivity contribution is 0.427. The van der Waals surface area contributed by atoms with E-state index in [1.807, 2.05) is 25.3 Å². The number of aryl methyl sites for hydroxylation is 1. The Bertz CT molecular complexity index is 1100. The van der Waals surface area contributed by atoms with Crippen LogP contribution < -0.4 is 11.1 Å². The summed E-state index contributed by atoms with van der Waals surface area (Å²) < 4.78 is 15.8. The predicted octanol–water partition coefficient (Wildman–Crippen LogP) is 6.63. The minimum atomic E-state index is -0.362. The van der Waals surface area contributed by atoms with Crippen molar-refractivity contribution in [3.8, 4) is 0 Å². The van der Waals surface area contributed by atoms with E-state index in [-0.39, 0.29) is 5.82 Å². The molecule has 0 unspecified atom stereocenters. The monoisotopic (exact) mass is 480 g/mol. The van der Waals surface area contributed by atoms with Crippen molar-refractivity contribution >= 4 is 23.3 Å². The molecule has 6 nitrogen and oxygen atoms in total. The maximum atomic E-state index is 14.1. The van der Waals surface area contributed by atoms with Gasteiger partial charge in [0.25, 0.3) is 0 Å². The maximum Gasteiger partial charge on any atom is 0.173 e. The van der Waals surface area contributed by atoms with E-state index in [1.54, 1.807) is 23.7 Å². The van der Waals surface area contributed by atoms with Crippen molar-refractivity contribution in [2.24, 2.45) is 16.6 Å². The van der Waals surface area contributed by atoms with Gasteiger partial charge in [-0.3, -0.25) is 4.99 Å². The number of halogens is 1. The van der Waals surface area contributed by atoms with Crippen LogP contribution in [-0.4, -0.2) is 34.9 Å². The van der Waals surface area contributed by atoms with Gasteiger partial charge in [0.2, 0.25) is 0 Å². The van der Waals surface area contributed by atoms with Gasteiger partial charge in [0.05, 0.1) is 17.1 Å². The molecule has 0 saturated carbocycles. The lowest BCUT2D eigenvalue weighted by Gasteiger charge is -2.17. The van der Waals surface area contributed by atoms with Gasteiger partial charge in [-0.15, -0.1) is 0 Å². The van der Waals surface area contributed by atoms with Gasteiger partial charge >= 0.3 is 0 Å². The van der Waals surface area contributed by atoms with E-state index < -0.39 is 0 Å². The molecular formula is C28H41FN6. The van der Waals surface area contributed by atoms with E-state index in [0.29, 0.717) is 30.0 Å². The minimum absolute atomic E-state index is 0.322. The van der Waals surface area contributed by atoms with Crippen LogP contribution in [0, 0.1) is 24.1 Å². The second-order valence-electron chi connectivity index (χ2n) is 8.85. The highest BCUT2D eigenvalue weighted by atomic mass is 19.1. The molecule has 0 bridgehead atoms. The van der Waals surface area contributed by atoms with Gasteiger partial charge in [-0.25, -0.2) is 9.37 Å². The predicted molar refractivity (Wildman–Crippen MR) is 147 cm³/mol. The number of aromatic nitrogens is 2. The van der Waals surface area contributed by atoms with Crippen molar-refractivity contribution in [3.05, 3.63) is 65.0 Å². The third-order valence-corrected chi connectivity index (χ3v) is 6.17. The largest absolute Gasteiger partial charge is 0.398 e. The molecule has 2 heterocycles. The maximum absolute atomic E-state index is 14.1. The van der Waals surface area contributed by atoms with Crippen LogP contribution in [0.2, 0.25) is 0 Å². The first-order valence-electron chi connectivity index (χ1n) is 12.6. The van der Waals surface area contributed by atoms with Gasteiger partial charge in [-0.2, -0.15) is 0 Å². The van der Waals surface area contributed by atoms with Crippen molar-refractivity contribution < 1.29 is 4.39 Å². The Kier molecular flexibility index (Phi) is 11.4. The normalized spacial score (nSPS) is 15.7. The van der Waals surface area contributed by atoms with Crippen molar-refractivity contribution in [1.82, 2.24) is 9.38 Å². The van der Waals surface area contributed by atoms with Crippen LogP contribution in [0.3, 0.4) is 0 Å². The molecule has 3 rings (SSSR count). The average Bonchev–Trinajstić information content (AvgIpc) is 3.22. The Morgan fingerprint density at radius 1 is 1.20 bits per heavy atom. The van der Waals surface area contributed by atoms with Gasteiger partial charge in [0, 0.05) is 49.5 Å². The Morgan fingerprint density at radius 2 is 1.91 bits per heavy atom. The van der Waals surface area contributed by atoms with E-state index in [2.05, 4.69) is 36.1 Å². The second-order valence-corrected chi connectivity index (χ2v) is 8.85. The smallest absolute Gasteiger partial charge is 0.173 e. The SMILES string of the molecule is CCCC(CC)CCC.CN=C1C=CC(CCNc2cc(F)c3nc(C)cn3c2)=C(N)/C1=C\C=N. The minimum Gasteiger partial charge on any atom is -0.398 e. The Hall–Kier alpha value is -3.22. The van der Waals surface area contributed by atoms with E-state index in [9.17, 15) is 4.39 Å². The van der Waals surface area contributed by atoms with Crippen LogP contribution in [0.4, 0.5) is 10.1 Å². The summed E-state index contributed by atoms with van der Waals surface area (Å²) in [6, 6.07) is 1.44. The molecule has 1 aliphatic rings. The lowest BCUT2D eigenvalue weighted by atomic mass is 9.94. The number of pyridine rings is 1. The third-order valence-electron chi connectivity index (χ3n) is 6.17. The average molecular weight is 481 g/mol. The third kappa shape index (κ3) is 7.91.